The van der Waals surface area contributed by atoms with E-state index in [0.717, 1.165) is 26.4 Å². The van der Waals surface area contributed by atoms with Crippen LogP contribution in [0.15, 0.2) is 22.4 Å². The van der Waals surface area contributed by atoms with Crippen LogP contribution in [-0.4, -0.2) is 7.11 Å². The Hall–Kier alpha value is -0.870. The van der Waals surface area contributed by atoms with Gasteiger partial charge >= 0.3 is 0 Å². The van der Waals surface area contributed by atoms with E-state index in [-0.39, 0.29) is 0 Å². The van der Waals surface area contributed by atoms with Gasteiger partial charge in [0.25, 0.3) is 0 Å². The summed E-state index contributed by atoms with van der Waals surface area (Å²) in [6, 6.07) is 3.72. The van der Waals surface area contributed by atoms with E-state index in [1.165, 1.54) is 0 Å². The molecule has 1 aromatic heterocycles. The fourth-order valence-corrected chi connectivity index (χ4v) is 2.63. The van der Waals surface area contributed by atoms with Gasteiger partial charge in [-0.05, 0) is 12.1 Å². The number of fused-ring (bicyclic) bond motifs is 1. The van der Waals surface area contributed by atoms with Crippen LogP contribution in [0.5, 0.6) is 5.75 Å². The van der Waals surface area contributed by atoms with Crippen molar-refractivity contribution in [2.45, 2.75) is 4.90 Å². The number of rotatable bonds is 1. The second-order valence-electron chi connectivity index (χ2n) is 2.68. The van der Waals surface area contributed by atoms with Crippen LogP contribution in [0, 0.1) is 0 Å². The average Bonchev–Trinajstić information content (AvgIpc) is 2.51. The van der Waals surface area contributed by atoms with Gasteiger partial charge < -0.3 is 10.5 Å². The lowest BCUT2D eigenvalue weighted by atomic mass is 10.2. The van der Waals surface area contributed by atoms with Crippen LogP contribution in [-0.2, 0) is 0 Å². The van der Waals surface area contributed by atoms with Crippen molar-refractivity contribution in [2.24, 2.45) is 0 Å². The van der Waals surface area contributed by atoms with Gasteiger partial charge in [0.1, 0.15) is 5.75 Å². The van der Waals surface area contributed by atoms with Gasteiger partial charge in [0, 0.05) is 21.3 Å². The molecule has 0 amide bonds. The third-order valence-electron chi connectivity index (χ3n) is 1.91. The molecule has 0 bridgehead atoms. The smallest absolute Gasteiger partial charge is 0.128 e. The Morgan fingerprint density at radius 3 is 2.92 bits per heavy atom. The Kier molecular flexibility index (Phi) is 2.09. The highest BCUT2D eigenvalue weighted by molar-refractivity contribution is 7.80. The van der Waals surface area contributed by atoms with E-state index in [2.05, 4.69) is 12.6 Å². The minimum Gasteiger partial charge on any atom is -0.496 e. The predicted octanol–water partition coefficient (Wildman–Crippen LogP) is 2.78. The zero-order valence-electron chi connectivity index (χ0n) is 7.07. The molecule has 13 heavy (non-hydrogen) atoms. The quantitative estimate of drug-likeness (QED) is 0.562. The largest absolute Gasteiger partial charge is 0.496 e. The summed E-state index contributed by atoms with van der Waals surface area (Å²) in [6.07, 6.45) is 0. The summed E-state index contributed by atoms with van der Waals surface area (Å²) in [5.74, 6) is 0.829. The third-order valence-corrected chi connectivity index (χ3v) is 3.47. The van der Waals surface area contributed by atoms with Crippen molar-refractivity contribution in [3.63, 3.8) is 0 Å². The van der Waals surface area contributed by atoms with Gasteiger partial charge in [-0.1, -0.05) is 0 Å². The van der Waals surface area contributed by atoms with Crippen LogP contribution in [0.25, 0.3) is 10.1 Å². The SMILES string of the molecule is COc1ccc(N)c2scc(S)c12. The first kappa shape index (κ1) is 8.72. The fraction of sp³-hybridized carbons (Fsp3) is 0.111. The number of nitrogen functional groups attached to an aromatic ring is 1. The zero-order chi connectivity index (χ0) is 9.42. The molecule has 0 unspecified atom stereocenters. The number of benzene rings is 1. The molecule has 2 rings (SSSR count). The lowest BCUT2D eigenvalue weighted by Crippen LogP contribution is -1.87. The maximum atomic E-state index is 5.81. The molecule has 0 atom stereocenters. The molecule has 0 radical (unpaired) electrons. The number of nitrogens with two attached hydrogens (primary N) is 1. The third kappa shape index (κ3) is 1.26. The zero-order valence-corrected chi connectivity index (χ0v) is 8.78. The van der Waals surface area contributed by atoms with Crippen LogP contribution in [0.2, 0.25) is 0 Å². The van der Waals surface area contributed by atoms with Crippen molar-refractivity contribution in [2.75, 3.05) is 12.8 Å². The molecule has 1 heterocycles. The van der Waals surface area contributed by atoms with Crippen molar-refractivity contribution in [3.8, 4) is 5.75 Å². The molecule has 0 fully saturated rings. The van der Waals surface area contributed by atoms with E-state index >= 15 is 0 Å². The van der Waals surface area contributed by atoms with E-state index in [9.17, 15) is 0 Å². The minimum absolute atomic E-state index is 0.779. The molecule has 2 aromatic rings. The second-order valence-corrected chi connectivity index (χ2v) is 4.04. The monoisotopic (exact) mass is 211 g/mol. The van der Waals surface area contributed by atoms with Gasteiger partial charge in [-0.15, -0.1) is 24.0 Å². The van der Waals surface area contributed by atoms with Gasteiger partial charge in [-0.3, -0.25) is 0 Å². The molecule has 0 spiro atoms. The Bertz CT molecular complexity index is 450. The first-order valence-electron chi connectivity index (χ1n) is 3.76. The normalized spacial score (nSPS) is 10.6. The van der Waals surface area contributed by atoms with E-state index in [1.54, 1.807) is 18.4 Å². The van der Waals surface area contributed by atoms with Crippen molar-refractivity contribution >= 4 is 39.7 Å². The maximum Gasteiger partial charge on any atom is 0.128 e. The Labute approximate surface area is 85.7 Å². The Morgan fingerprint density at radius 2 is 2.23 bits per heavy atom. The van der Waals surface area contributed by atoms with Gasteiger partial charge in [0.05, 0.1) is 11.8 Å². The summed E-state index contributed by atoms with van der Waals surface area (Å²) in [5.41, 5.74) is 6.59. The number of thiophene rings is 1. The lowest BCUT2D eigenvalue weighted by molar-refractivity contribution is 0.419. The molecule has 0 aliphatic carbocycles. The fourth-order valence-electron chi connectivity index (χ4n) is 1.29. The molecular formula is C9H9NOS2. The highest BCUT2D eigenvalue weighted by Crippen LogP contribution is 2.38. The first-order valence-corrected chi connectivity index (χ1v) is 5.09. The first-order chi connectivity index (χ1) is 6.24. The van der Waals surface area contributed by atoms with Gasteiger partial charge in [-0.2, -0.15) is 0 Å². The number of ether oxygens (including phenoxy) is 1. The molecule has 2 N–H and O–H groups in total. The van der Waals surface area contributed by atoms with Crippen LogP contribution in [0.1, 0.15) is 0 Å². The number of hydrogen-bond acceptors (Lipinski definition) is 4. The van der Waals surface area contributed by atoms with Crippen molar-refractivity contribution in [3.05, 3.63) is 17.5 Å². The van der Waals surface area contributed by atoms with Gasteiger partial charge in [0.15, 0.2) is 0 Å². The summed E-state index contributed by atoms with van der Waals surface area (Å²) >= 11 is 5.94. The van der Waals surface area contributed by atoms with Crippen LogP contribution < -0.4 is 10.5 Å². The van der Waals surface area contributed by atoms with E-state index in [0.29, 0.717) is 0 Å². The lowest BCUT2D eigenvalue weighted by Gasteiger charge is -2.03. The number of thiol groups is 1. The molecule has 0 aliphatic heterocycles. The molecule has 0 aliphatic rings. The minimum atomic E-state index is 0.779. The van der Waals surface area contributed by atoms with Crippen molar-refractivity contribution in [1.29, 1.82) is 0 Å². The summed E-state index contributed by atoms with van der Waals surface area (Å²) in [4.78, 5) is 0.921. The summed E-state index contributed by atoms with van der Waals surface area (Å²) in [5, 5.41) is 2.97. The topological polar surface area (TPSA) is 35.2 Å². The standard InChI is InChI=1S/C9H9NOS2/c1-11-6-3-2-5(10)9-8(6)7(12)4-13-9/h2-4,12H,10H2,1H3. The predicted molar refractivity (Wildman–Crippen MR) is 60.0 cm³/mol. The highest BCUT2D eigenvalue weighted by Gasteiger charge is 2.09. The summed E-state index contributed by atoms with van der Waals surface area (Å²) in [6.45, 7) is 0. The average molecular weight is 211 g/mol. The Balaban J connectivity index is 2.88. The maximum absolute atomic E-state index is 5.81. The number of methoxy groups -OCH3 is 1. The summed E-state index contributed by atoms with van der Waals surface area (Å²) < 4.78 is 6.27. The number of hydrogen-bond donors (Lipinski definition) is 2. The van der Waals surface area contributed by atoms with E-state index in [4.69, 9.17) is 10.5 Å². The van der Waals surface area contributed by atoms with E-state index < -0.39 is 0 Å². The van der Waals surface area contributed by atoms with Gasteiger partial charge in [0.2, 0.25) is 0 Å². The molecule has 2 nitrogen and oxygen atoms in total. The summed E-state index contributed by atoms with van der Waals surface area (Å²) in [7, 11) is 1.65. The molecule has 0 saturated carbocycles. The van der Waals surface area contributed by atoms with Crippen LogP contribution >= 0.6 is 24.0 Å². The number of anilines is 1. The van der Waals surface area contributed by atoms with Crippen LogP contribution in [0.3, 0.4) is 0 Å². The van der Waals surface area contributed by atoms with Crippen molar-refractivity contribution < 1.29 is 4.74 Å². The molecular weight excluding hydrogens is 202 g/mol. The molecule has 68 valence electrons. The second kappa shape index (κ2) is 3.12. The molecule has 0 saturated heterocycles. The van der Waals surface area contributed by atoms with Crippen molar-refractivity contribution in [1.82, 2.24) is 0 Å². The molecule has 1 aromatic carbocycles. The van der Waals surface area contributed by atoms with Crippen LogP contribution in [0.4, 0.5) is 5.69 Å². The van der Waals surface area contributed by atoms with Gasteiger partial charge in [-0.25, -0.2) is 0 Å². The highest BCUT2D eigenvalue weighted by atomic mass is 32.1. The Morgan fingerprint density at radius 1 is 1.46 bits per heavy atom. The molecule has 4 heteroatoms. The van der Waals surface area contributed by atoms with E-state index in [1.807, 2.05) is 17.5 Å².